The maximum Gasteiger partial charge on any atom is 0.305 e. The van der Waals surface area contributed by atoms with Gasteiger partial charge in [0.25, 0.3) is 5.91 Å². The SMILES string of the molecule is COC(=O)CC[C@@H](C(=O)N1CCNCC1)N(C)C(=O)c1ccc(F)cc1. The molecule has 0 radical (unpaired) electrons. The highest BCUT2D eigenvalue weighted by Crippen LogP contribution is 2.15. The van der Waals surface area contributed by atoms with Gasteiger partial charge in [-0.3, -0.25) is 14.4 Å². The second kappa shape index (κ2) is 9.28. The molecule has 2 amide bonds. The number of hydrogen-bond acceptors (Lipinski definition) is 5. The lowest BCUT2D eigenvalue weighted by molar-refractivity contribution is -0.142. The summed E-state index contributed by atoms with van der Waals surface area (Å²) in [4.78, 5) is 40.1. The molecular weight excluding hydrogens is 341 g/mol. The number of nitrogens with zero attached hydrogens (tertiary/aromatic N) is 2. The molecule has 2 rings (SSSR count). The van der Waals surface area contributed by atoms with E-state index < -0.39 is 23.7 Å². The zero-order chi connectivity index (χ0) is 19.1. The molecule has 0 saturated carbocycles. The number of rotatable bonds is 6. The molecule has 26 heavy (non-hydrogen) atoms. The first kappa shape index (κ1) is 19.8. The predicted molar refractivity (Wildman–Crippen MR) is 93.0 cm³/mol. The molecule has 1 aromatic rings. The van der Waals surface area contributed by atoms with Crippen LogP contribution in [0.3, 0.4) is 0 Å². The van der Waals surface area contributed by atoms with Crippen LogP contribution in [-0.2, 0) is 14.3 Å². The number of halogens is 1. The van der Waals surface area contributed by atoms with Gasteiger partial charge < -0.3 is 19.9 Å². The van der Waals surface area contributed by atoms with Crippen LogP contribution in [0.2, 0.25) is 0 Å². The molecule has 1 aromatic carbocycles. The second-order valence-corrected chi connectivity index (χ2v) is 6.13. The Balaban J connectivity index is 2.17. The molecule has 8 heteroatoms. The van der Waals surface area contributed by atoms with Crippen LogP contribution in [0.5, 0.6) is 0 Å². The number of esters is 1. The largest absolute Gasteiger partial charge is 0.469 e. The van der Waals surface area contributed by atoms with Crippen LogP contribution in [0.25, 0.3) is 0 Å². The van der Waals surface area contributed by atoms with Gasteiger partial charge in [0.2, 0.25) is 5.91 Å². The summed E-state index contributed by atoms with van der Waals surface area (Å²) in [7, 11) is 2.80. The topological polar surface area (TPSA) is 79.0 Å². The molecule has 1 aliphatic heterocycles. The first-order valence-corrected chi connectivity index (χ1v) is 8.53. The van der Waals surface area contributed by atoms with E-state index in [2.05, 4.69) is 10.1 Å². The highest BCUT2D eigenvalue weighted by molar-refractivity contribution is 5.97. The number of hydrogen-bond donors (Lipinski definition) is 1. The summed E-state index contributed by atoms with van der Waals surface area (Å²) in [5, 5.41) is 3.17. The summed E-state index contributed by atoms with van der Waals surface area (Å²) in [5.41, 5.74) is 0.282. The highest BCUT2D eigenvalue weighted by atomic mass is 19.1. The van der Waals surface area contributed by atoms with Gasteiger partial charge in [-0.05, 0) is 30.7 Å². The van der Waals surface area contributed by atoms with E-state index in [1.165, 1.54) is 43.3 Å². The molecule has 0 bridgehead atoms. The third-order valence-electron chi connectivity index (χ3n) is 4.44. The molecule has 1 heterocycles. The normalized spacial score (nSPS) is 15.3. The van der Waals surface area contributed by atoms with Crippen molar-refractivity contribution in [2.45, 2.75) is 18.9 Å². The number of methoxy groups -OCH3 is 1. The Morgan fingerprint density at radius 1 is 1.23 bits per heavy atom. The number of nitrogens with one attached hydrogen (secondary N) is 1. The first-order chi connectivity index (χ1) is 12.4. The minimum Gasteiger partial charge on any atom is -0.469 e. The van der Waals surface area contributed by atoms with Gasteiger partial charge in [-0.25, -0.2) is 4.39 Å². The number of benzene rings is 1. The van der Waals surface area contributed by atoms with E-state index in [1.54, 1.807) is 4.90 Å². The summed E-state index contributed by atoms with van der Waals surface area (Å²) in [6.07, 6.45) is 0.193. The Morgan fingerprint density at radius 3 is 2.42 bits per heavy atom. The van der Waals surface area contributed by atoms with E-state index in [1.807, 2.05) is 0 Å². The average molecular weight is 365 g/mol. The quantitative estimate of drug-likeness (QED) is 0.749. The van der Waals surface area contributed by atoms with Gasteiger partial charge in [0.15, 0.2) is 0 Å². The molecule has 7 nitrogen and oxygen atoms in total. The molecule has 0 aromatic heterocycles. The zero-order valence-electron chi connectivity index (χ0n) is 15.0. The monoisotopic (exact) mass is 365 g/mol. The molecule has 142 valence electrons. The van der Waals surface area contributed by atoms with Gasteiger partial charge >= 0.3 is 5.97 Å². The number of likely N-dealkylation sites (N-methyl/N-ethyl adjacent to an activating group) is 1. The smallest absolute Gasteiger partial charge is 0.305 e. The molecule has 1 saturated heterocycles. The molecule has 1 aliphatic rings. The molecule has 1 atom stereocenters. The zero-order valence-corrected chi connectivity index (χ0v) is 15.0. The fraction of sp³-hybridized carbons (Fsp3) is 0.500. The predicted octanol–water partition coefficient (Wildman–Crippen LogP) is 0.651. The summed E-state index contributed by atoms with van der Waals surface area (Å²) in [6.45, 7) is 2.47. The maximum atomic E-state index is 13.1. The van der Waals surface area contributed by atoms with Crippen molar-refractivity contribution in [1.82, 2.24) is 15.1 Å². The Bertz CT molecular complexity index is 644. The Labute approximate surface area is 152 Å². The van der Waals surface area contributed by atoms with Gasteiger partial charge in [0.05, 0.1) is 7.11 Å². The van der Waals surface area contributed by atoms with Crippen LogP contribution < -0.4 is 5.32 Å². The Hall–Kier alpha value is -2.48. The van der Waals surface area contributed by atoms with E-state index in [9.17, 15) is 18.8 Å². The fourth-order valence-electron chi connectivity index (χ4n) is 2.87. The van der Waals surface area contributed by atoms with Gasteiger partial charge in [0.1, 0.15) is 11.9 Å². The lowest BCUT2D eigenvalue weighted by atomic mass is 10.1. The van der Waals surface area contributed by atoms with Crippen LogP contribution in [0.15, 0.2) is 24.3 Å². The maximum absolute atomic E-state index is 13.1. The van der Waals surface area contributed by atoms with Crippen molar-refractivity contribution < 1.29 is 23.5 Å². The van der Waals surface area contributed by atoms with E-state index in [0.717, 1.165) is 0 Å². The molecular formula is C18H24FN3O4. The molecule has 0 unspecified atom stereocenters. The van der Waals surface area contributed by atoms with Crippen molar-refractivity contribution in [2.75, 3.05) is 40.3 Å². The highest BCUT2D eigenvalue weighted by Gasteiger charge is 2.32. The summed E-state index contributed by atoms with van der Waals surface area (Å²) in [6, 6.07) is 4.36. The molecule has 1 N–H and O–H groups in total. The van der Waals surface area contributed by atoms with Crippen LogP contribution in [0.1, 0.15) is 23.2 Å². The third-order valence-corrected chi connectivity index (χ3v) is 4.44. The van der Waals surface area contributed by atoms with Crippen LogP contribution in [-0.4, -0.2) is 74.0 Å². The van der Waals surface area contributed by atoms with E-state index in [0.29, 0.717) is 26.2 Å². The van der Waals surface area contributed by atoms with Crippen LogP contribution in [0.4, 0.5) is 4.39 Å². The summed E-state index contributed by atoms with van der Waals surface area (Å²) < 4.78 is 17.7. The van der Waals surface area contributed by atoms with Crippen molar-refractivity contribution in [2.24, 2.45) is 0 Å². The van der Waals surface area contributed by atoms with Crippen LogP contribution >= 0.6 is 0 Å². The Kier molecular flexibility index (Phi) is 7.08. The summed E-state index contributed by atoms with van der Waals surface area (Å²) >= 11 is 0. The fourth-order valence-corrected chi connectivity index (χ4v) is 2.87. The minimum atomic E-state index is -0.787. The lowest BCUT2D eigenvalue weighted by Gasteiger charge is -2.34. The van der Waals surface area contributed by atoms with Gasteiger partial charge in [0, 0.05) is 45.2 Å². The van der Waals surface area contributed by atoms with Crippen molar-refractivity contribution in [1.29, 1.82) is 0 Å². The number of carbonyl (C=O) groups excluding carboxylic acids is 3. The minimum absolute atomic E-state index is 0.0278. The lowest BCUT2D eigenvalue weighted by Crippen LogP contribution is -2.54. The van der Waals surface area contributed by atoms with Crippen molar-refractivity contribution >= 4 is 17.8 Å². The molecule has 1 fully saturated rings. The third kappa shape index (κ3) is 5.01. The number of carbonyl (C=O) groups is 3. The number of ether oxygens (including phenoxy) is 1. The van der Waals surface area contributed by atoms with E-state index in [4.69, 9.17) is 0 Å². The number of piperazine rings is 1. The summed E-state index contributed by atoms with van der Waals surface area (Å²) in [5.74, 6) is -1.48. The standard InChI is InChI=1S/C18H24FN3O4/c1-21(17(24)13-3-5-14(19)6-4-13)15(7-8-16(23)26-2)18(25)22-11-9-20-10-12-22/h3-6,15,20H,7-12H2,1-2H3/t15-/m0/s1. The van der Waals surface area contributed by atoms with Crippen molar-refractivity contribution in [3.8, 4) is 0 Å². The van der Waals surface area contributed by atoms with Crippen molar-refractivity contribution in [3.63, 3.8) is 0 Å². The average Bonchev–Trinajstić information content (AvgIpc) is 2.68. The van der Waals surface area contributed by atoms with Gasteiger partial charge in [-0.2, -0.15) is 0 Å². The number of amides is 2. The van der Waals surface area contributed by atoms with Gasteiger partial charge in [-0.1, -0.05) is 0 Å². The van der Waals surface area contributed by atoms with E-state index in [-0.39, 0.29) is 24.3 Å². The van der Waals surface area contributed by atoms with Crippen LogP contribution in [0, 0.1) is 5.82 Å². The molecule has 0 aliphatic carbocycles. The van der Waals surface area contributed by atoms with Gasteiger partial charge in [-0.15, -0.1) is 0 Å². The molecule has 0 spiro atoms. The first-order valence-electron chi connectivity index (χ1n) is 8.53. The Morgan fingerprint density at radius 2 is 1.85 bits per heavy atom. The van der Waals surface area contributed by atoms with Crippen molar-refractivity contribution in [3.05, 3.63) is 35.6 Å². The second-order valence-electron chi connectivity index (χ2n) is 6.13. The van der Waals surface area contributed by atoms with E-state index >= 15 is 0 Å².